The molecule has 1 atom stereocenters. The number of hydrogen-bond donors (Lipinski definition) is 3. The number of alkyl carbamates (subject to hydrolysis) is 1. The normalized spacial score (nSPS) is 20.8. The van der Waals surface area contributed by atoms with Gasteiger partial charge in [-0.2, -0.15) is 0 Å². The van der Waals surface area contributed by atoms with Crippen LogP contribution < -0.4 is 15.4 Å². The Kier molecular flexibility index (Phi) is 6.74. The Morgan fingerprint density at radius 1 is 1.23 bits per heavy atom. The van der Waals surface area contributed by atoms with Crippen molar-refractivity contribution in [3.05, 3.63) is 23.8 Å². The Balaban J connectivity index is 1.16. The molecule has 2 fully saturated rings. The number of aliphatic hydroxyl groups excluding tert-OH is 1. The zero-order valence-electron chi connectivity index (χ0n) is 17.3. The van der Waals surface area contributed by atoms with E-state index in [1.54, 1.807) is 0 Å². The van der Waals surface area contributed by atoms with E-state index >= 15 is 0 Å². The van der Waals surface area contributed by atoms with Gasteiger partial charge in [0, 0.05) is 43.3 Å². The van der Waals surface area contributed by atoms with Crippen LogP contribution in [-0.4, -0.2) is 67.0 Å². The van der Waals surface area contributed by atoms with Gasteiger partial charge in [-0.25, -0.2) is 4.79 Å². The summed E-state index contributed by atoms with van der Waals surface area (Å²) in [5, 5.41) is 16.2. The van der Waals surface area contributed by atoms with Crippen LogP contribution >= 0.6 is 0 Å². The Labute approximate surface area is 176 Å². The van der Waals surface area contributed by atoms with E-state index in [0.29, 0.717) is 31.9 Å². The van der Waals surface area contributed by atoms with Gasteiger partial charge in [-0.15, -0.1) is 0 Å². The molecule has 1 aromatic rings. The first-order valence-corrected chi connectivity index (χ1v) is 10.9. The van der Waals surface area contributed by atoms with E-state index in [2.05, 4.69) is 15.5 Å². The number of rotatable bonds is 8. The smallest absolute Gasteiger partial charge is 0.407 e. The monoisotopic (exact) mass is 417 g/mol. The topological polar surface area (TPSA) is 100 Å². The van der Waals surface area contributed by atoms with Crippen LogP contribution in [0.4, 0.5) is 10.5 Å². The fraction of sp³-hybridized carbons (Fsp3) is 0.636. The Morgan fingerprint density at radius 3 is 2.80 bits per heavy atom. The van der Waals surface area contributed by atoms with E-state index in [-0.39, 0.29) is 24.6 Å². The van der Waals surface area contributed by atoms with Crippen LogP contribution in [0.3, 0.4) is 0 Å². The van der Waals surface area contributed by atoms with Crippen LogP contribution in [0.25, 0.3) is 0 Å². The maximum Gasteiger partial charge on any atom is 0.407 e. The van der Waals surface area contributed by atoms with Crippen molar-refractivity contribution in [2.45, 2.75) is 50.7 Å². The number of likely N-dealkylation sites (tertiary alicyclic amines) is 1. The van der Waals surface area contributed by atoms with Gasteiger partial charge in [0.2, 0.25) is 5.91 Å². The predicted octanol–water partition coefficient (Wildman–Crippen LogP) is 1.91. The molecule has 3 N–H and O–H groups in total. The number of nitrogens with zero attached hydrogens (tertiary/aromatic N) is 1. The molecule has 0 unspecified atom stereocenters. The van der Waals surface area contributed by atoms with E-state index in [1.807, 2.05) is 18.2 Å². The summed E-state index contributed by atoms with van der Waals surface area (Å²) in [6.07, 6.45) is 4.21. The van der Waals surface area contributed by atoms with Crippen molar-refractivity contribution < 1.29 is 24.2 Å². The molecule has 0 bridgehead atoms. The van der Waals surface area contributed by atoms with E-state index < -0.39 is 6.10 Å². The van der Waals surface area contributed by atoms with Crippen molar-refractivity contribution in [1.29, 1.82) is 0 Å². The first kappa shape index (κ1) is 20.9. The number of piperidine rings is 1. The van der Waals surface area contributed by atoms with Crippen LogP contribution in [0.2, 0.25) is 0 Å². The molecule has 0 aromatic heterocycles. The van der Waals surface area contributed by atoms with Gasteiger partial charge in [-0.1, -0.05) is 6.07 Å². The van der Waals surface area contributed by atoms with Gasteiger partial charge in [0.1, 0.15) is 18.5 Å². The van der Waals surface area contributed by atoms with Crippen LogP contribution in [-0.2, 0) is 16.0 Å². The second-order valence-corrected chi connectivity index (χ2v) is 8.56. The minimum atomic E-state index is -0.605. The van der Waals surface area contributed by atoms with Crippen molar-refractivity contribution in [3.8, 4) is 5.75 Å². The average molecular weight is 418 g/mol. The Morgan fingerprint density at radius 2 is 2.03 bits per heavy atom. The van der Waals surface area contributed by atoms with E-state index in [1.165, 1.54) is 12.8 Å². The second kappa shape index (κ2) is 9.66. The molecule has 1 saturated carbocycles. The summed E-state index contributed by atoms with van der Waals surface area (Å²) < 4.78 is 11.1. The quantitative estimate of drug-likeness (QED) is 0.598. The summed E-state index contributed by atoms with van der Waals surface area (Å²) in [6, 6.07) is 5.73. The largest absolute Gasteiger partial charge is 0.490 e. The standard InChI is InChI=1S/C22H31N3O5/c26-17(14-29-20-3-1-2-19-18(20)6-7-21(27)24-19)12-25-10-8-16(9-11-25)23-22(28)30-13-15-4-5-15/h1-3,15-17,26H,4-14H2,(H,23,28)(H,24,27)/t17-/m0/s1. The molecule has 8 nitrogen and oxygen atoms in total. The third kappa shape index (κ3) is 5.86. The molecule has 1 aliphatic carbocycles. The maximum atomic E-state index is 11.8. The van der Waals surface area contributed by atoms with Gasteiger partial charge >= 0.3 is 6.09 Å². The summed E-state index contributed by atoms with van der Waals surface area (Å²) in [5.41, 5.74) is 1.79. The zero-order valence-corrected chi connectivity index (χ0v) is 17.3. The Bertz CT molecular complexity index is 759. The highest BCUT2D eigenvalue weighted by molar-refractivity contribution is 5.94. The molecular weight excluding hydrogens is 386 g/mol. The maximum absolute atomic E-state index is 11.8. The highest BCUT2D eigenvalue weighted by Crippen LogP contribution is 2.31. The molecule has 8 heteroatoms. The van der Waals surface area contributed by atoms with Crippen LogP contribution in [0.5, 0.6) is 5.75 Å². The number of carbonyl (C=O) groups excluding carboxylic acids is 2. The molecule has 4 rings (SSSR count). The molecule has 3 aliphatic rings. The molecule has 2 heterocycles. The van der Waals surface area contributed by atoms with Crippen molar-refractivity contribution in [2.75, 3.05) is 38.2 Å². The lowest BCUT2D eigenvalue weighted by atomic mass is 10.0. The van der Waals surface area contributed by atoms with Gasteiger partial charge in [0.05, 0.1) is 6.61 Å². The van der Waals surface area contributed by atoms with Crippen molar-refractivity contribution in [1.82, 2.24) is 10.2 Å². The molecule has 164 valence electrons. The SMILES string of the molecule is O=C1CCc2c(cccc2OC[C@@H](O)CN2CCC(NC(=O)OCC3CC3)CC2)N1. The van der Waals surface area contributed by atoms with E-state index in [0.717, 1.165) is 42.9 Å². The fourth-order valence-electron chi connectivity index (χ4n) is 4.01. The molecule has 1 saturated heterocycles. The molecule has 30 heavy (non-hydrogen) atoms. The van der Waals surface area contributed by atoms with E-state index in [9.17, 15) is 14.7 Å². The van der Waals surface area contributed by atoms with Crippen molar-refractivity contribution >= 4 is 17.7 Å². The minimum absolute atomic E-state index is 0.0220. The summed E-state index contributed by atoms with van der Waals surface area (Å²) in [5.74, 6) is 1.31. The number of benzene rings is 1. The summed E-state index contributed by atoms with van der Waals surface area (Å²) in [6.45, 7) is 2.91. The fourth-order valence-corrected chi connectivity index (χ4v) is 4.01. The number of β-amino-alcohol motifs (C(OH)–C–C–N with tert-alkyl or cyclic N) is 1. The molecule has 0 spiro atoms. The van der Waals surface area contributed by atoms with E-state index in [4.69, 9.17) is 9.47 Å². The van der Waals surface area contributed by atoms with Crippen LogP contribution in [0.1, 0.15) is 37.7 Å². The molecule has 2 aliphatic heterocycles. The van der Waals surface area contributed by atoms with Crippen molar-refractivity contribution in [2.24, 2.45) is 5.92 Å². The van der Waals surface area contributed by atoms with Gasteiger partial charge in [-0.3, -0.25) is 4.79 Å². The highest BCUT2D eigenvalue weighted by atomic mass is 16.5. The number of fused-ring (bicyclic) bond motifs is 1. The number of ether oxygens (including phenoxy) is 2. The Hall–Kier alpha value is -2.32. The lowest BCUT2D eigenvalue weighted by Gasteiger charge is -2.33. The summed E-state index contributed by atoms with van der Waals surface area (Å²) in [7, 11) is 0. The molecule has 1 aromatic carbocycles. The summed E-state index contributed by atoms with van der Waals surface area (Å²) >= 11 is 0. The molecular formula is C22H31N3O5. The lowest BCUT2D eigenvalue weighted by molar-refractivity contribution is -0.116. The van der Waals surface area contributed by atoms with Gasteiger partial charge in [-0.05, 0) is 50.2 Å². The first-order chi connectivity index (χ1) is 14.6. The average Bonchev–Trinajstić information content (AvgIpc) is 3.56. The predicted molar refractivity (Wildman–Crippen MR) is 112 cm³/mol. The number of aliphatic hydroxyl groups is 1. The molecule has 2 amide bonds. The van der Waals surface area contributed by atoms with Crippen LogP contribution in [0, 0.1) is 5.92 Å². The third-order valence-corrected chi connectivity index (χ3v) is 5.97. The number of amides is 2. The number of hydrogen-bond acceptors (Lipinski definition) is 6. The van der Waals surface area contributed by atoms with Gasteiger partial charge in [0.15, 0.2) is 0 Å². The highest BCUT2D eigenvalue weighted by Gasteiger charge is 2.26. The minimum Gasteiger partial charge on any atom is -0.490 e. The number of nitrogens with one attached hydrogen (secondary N) is 2. The third-order valence-electron chi connectivity index (χ3n) is 5.97. The van der Waals surface area contributed by atoms with Crippen molar-refractivity contribution in [3.63, 3.8) is 0 Å². The second-order valence-electron chi connectivity index (χ2n) is 8.56. The lowest BCUT2D eigenvalue weighted by Crippen LogP contribution is -2.47. The number of carbonyl (C=O) groups is 2. The number of anilines is 1. The first-order valence-electron chi connectivity index (χ1n) is 10.9. The molecule has 0 radical (unpaired) electrons. The zero-order chi connectivity index (χ0) is 20.9. The van der Waals surface area contributed by atoms with Crippen LogP contribution in [0.15, 0.2) is 18.2 Å². The van der Waals surface area contributed by atoms with Gasteiger partial charge in [0.25, 0.3) is 0 Å². The van der Waals surface area contributed by atoms with Gasteiger partial charge < -0.3 is 30.1 Å². The summed E-state index contributed by atoms with van der Waals surface area (Å²) in [4.78, 5) is 25.6.